The Bertz CT molecular complexity index is 624. The van der Waals surface area contributed by atoms with Crippen LogP contribution in [0.15, 0.2) is 30.9 Å². The summed E-state index contributed by atoms with van der Waals surface area (Å²) in [6.07, 6.45) is 5.11. The molecule has 0 saturated heterocycles. The fourth-order valence-electron chi connectivity index (χ4n) is 2.48. The SMILES string of the molecule is CCOCc1ncn2c1CN(C(=O)c1ccncc1)CC2. The summed E-state index contributed by atoms with van der Waals surface area (Å²) < 4.78 is 7.54. The number of hydrogen-bond donors (Lipinski definition) is 0. The van der Waals surface area contributed by atoms with Gasteiger partial charge in [0.15, 0.2) is 0 Å². The van der Waals surface area contributed by atoms with Gasteiger partial charge in [-0.25, -0.2) is 4.98 Å². The molecule has 0 aromatic carbocycles. The Morgan fingerprint density at radius 3 is 2.90 bits per heavy atom. The molecule has 2 aromatic heterocycles. The zero-order valence-electron chi connectivity index (χ0n) is 12.0. The summed E-state index contributed by atoms with van der Waals surface area (Å²) in [5.41, 5.74) is 2.66. The first-order valence-corrected chi connectivity index (χ1v) is 7.09. The van der Waals surface area contributed by atoms with Gasteiger partial charge < -0.3 is 14.2 Å². The lowest BCUT2D eigenvalue weighted by Crippen LogP contribution is -2.38. The molecule has 6 nitrogen and oxygen atoms in total. The highest BCUT2D eigenvalue weighted by Crippen LogP contribution is 2.18. The molecule has 110 valence electrons. The second-order valence-electron chi connectivity index (χ2n) is 4.93. The first-order chi connectivity index (χ1) is 10.3. The van der Waals surface area contributed by atoms with Gasteiger partial charge in [0, 0.05) is 37.7 Å². The van der Waals surface area contributed by atoms with Gasteiger partial charge in [0.25, 0.3) is 5.91 Å². The van der Waals surface area contributed by atoms with E-state index in [1.807, 2.05) is 18.2 Å². The van der Waals surface area contributed by atoms with Crippen LogP contribution < -0.4 is 0 Å². The van der Waals surface area contributed by atoms with E-state index in [-0.39, 0.29) is 5.91 Å². The van der Waals surface area contributed by atoms with Crippen molar-refractivity contribution in [2.75, 3.05) is 13.2 Å². The molecule has 3 heterocycles. The van der Waals surface area contributed by atoms with Crippen molar-refractivity contribution in [3.05, 3.63) is 47.8 Å². The molecular weight excluding hydrogens is 268 g/mol. The molecule has 0 atom stereocenters. The number of aromatic nitrogens is 3. The van der Waals surface area contributed by atoms with E-state index < -0.39 is 0 Å². The van der Waals surface area contributed by atoms with Crippen LogP contribution in [-0.2, 0) is 24.4 Å². The molecule has 1 aliphatic rings. The van der Waals surface area contributed by atoms with Crippen LogP contribution in [0.2, 0.25) is 0 Å². The lowest BCUT2D eigenvalue weighted by atomic mass is 10.2. The quantitative estimate of drug-likeness (QED) is 0.854. The maximum atomic E-state index is 12.5. The number of carbonyl (C=O) groups excluding carboxylic acids is 1. The molecule has 1 amide bonds. The Labute approximate surface area is 123 Å². The topological polar surface area (TPSA) is 60.2 Å². The van der Waals surface area contributed by atoms with E-state index in [1.54, 1.807) is 24.5 Å². The summed E-state index contributed by atoms with van der Waals surface area (Å²) >= 11 is 0. The number of carbonyl (C=O) groups is 1. The molecule has 3 rings (SSSR count). The summed E-state index contributed by atoms with van der Waals surface area (Å²) in [5, 5.41) is 0. The number of hydrogen-bond acceptors (Lipinski definition) is 4. The third-order valence-corrected chi connectivity index (χ3v) is 3.64. The maximum Gasteiger partial charge on any atom is 0.254 e. The minimum Gasteiger partial charge on any atom is -0.375 e. The molecule has 0 unspecified atom stereocenters. The van der Waals surface area contributed by atoms with Gasteiger partial charge in [0.2, 0.25) is 0 Å². The van der Waals surface area contributed by atoms with Crippen LogP contribution in [-0.4, -0.2) is 38.5 Å². The summed E-state index contributed by atoms with van der Waals surface area (Å²) in [6, 6.07) is 3.49. The van der Waals surface area contributed by atoms with E-state index in [0.717, 1.165) is 17.9 Å². The van der Waals surface area contributed by atoms with Crippen LogP contribution in [0.4, 0.5) is 0 Å². The molecule has 1 aliphatic heterocycles. The highest BCUT2D eigenvalue weighted by Gasteiger charge is 2.24. The van der Waals surface area contributed by atoms with Crippen molar-refractivity contribution in [1.29, 1.82) is 0 Å². The zero-order chi connectivity index (χ0) is 14.7. The second-order valence-corrected chi connectivity index (χ2v) is 4.93. The minimum atomic E-state index is 0.0345. The third-order valence-electron chi connectivity index (χ3n) is 3.64. The van der Waals surface area contributed by atoms with Crippen LogP contribution in [0.5, 0.6) is 0 Å². The summed E-state index contributed by atoms with van der Waals surface area (Å²) in [4.78, 5) is 22.7. The van der Waals surface area contributed by atoms with Gasteiger partial charge >= 0.3 is 0 Å². The van der Waals surface area contributed by atoms with Gasteiger partial charge in [-0.2, -0.15) is 0 Å². The minimum absolute atomic E-state index is 0.0345. The first kappa shape index (κ1) is 13.8. The van der Waals surface area contributed by atoms with Crippen molar-refractivity contribution >= 4 is 5.91 Å². The molecule has 2 aromatic rings. The highest BCUT2D eigenvalue weighted by molar-refractivity contribution is 5.94. The zero-order valence-corrected chi connectivity index (χ0v) is 12.0. The second kappa shape index (κ2) is 6.05. The average molecular weight is 286 g/mol. The fourth-order valence-corrected chi connectivity index (χ4v) is 2.48. The van der Waals surface area contributed by atoms with E-state index in [2.05, 4.69) is 14.5 Å². The predicted octanol–water partition coefficient (Wildman–Crippen LogP) is 1.47. The third kappa shape index (κ3) is 2.80. The average Bonchev–Trinajstić information content (AvgIpc) is 2.95. The Morgan fingerprint density at radius 1 is 1.33 bits per heavy atom. The smallest absolute Gasteiger partial charge is 0.254 e. The van der Waals surface area contributed by atoms with Crippen molar-refractivity contribution in [3.8, 4) is 0 Å². The standard InChI is InChI=1S/C15H18N4O2/c1-2-21-10-13-14-9-18(7-8-19(14)11-17-13)15(20)12-3-5-16-6-4-12/h3-6,11H,2,7-10H2,1H3. The number of nitrogens with zero attached hydrogens (tertiary/aromatic N) is 4. The van der Waals surface area contributed by atoms with Gasteiger partial charge in [-0.15, -0.1) is 0 Å². The van der Waals surface area contributed by atoms with Crippen molar-refractivity contribution in [1.82, 2.24) is 19.4 Å². The normalized spacial score (nSPS) is 14.0. The molecule has 6 heteroatoms. The van der Waals surface area contributed by atoms with E-state index in [4.69, 9.17) is 4.74 Å². The summed E-state index contributed by atoms with van der Waals surface area (Å²) in [6.45, 7) is 5.15. The molecule has 0 radical (unpaired) electrons. The van der Waals surface area contributed by atoms with Crippen LogP contribution >= 0.6 is 0 Å². The number of ether oxygens (including phenoxy) is 1. The maximum absolute atomic E-state index is 12.5. The fraction of sp³-hybridized carbons (Fsp3) is 0.400. The van der Waals surface area contributed by atoms with Crippen molar-refractivity contribution in [3.63, 3.8) is 0 Å². The Balaban J connectivity index is 1.77. The van der Waals surface area contributed by atoms with Gasteiger partial charge in [-0.1, -0.05) is 0 Å². The van der Waals surface area contributed by atoms with Gasteiger partial charge in [-0.3, -0.25) is 9.78 Å². The van der Waals surface area contributed by atoms with Crippen molar-refractivity contribution in [2.24, 2.45) is 0 Å². The van der Waals surface area contributed by atoms with Crippen molar-refractivity contribution in [2.45, 2.75) is 26.6 Å². The molecule has 0 aliphatic carbocycles. The molecule has 0 N–H and O–H groups in total. The summed E-state index contributed by atoms with van der Waals surface area (Å²) in [7, 11) is 0. The van der Waals surface area contributed by atoms with Crippen LogP contribution in [0.25, 0.3) is 0 Å². The van der Waals surface area contributed by atoms with Crippen LogP contribution in [0.1, 0.15) is 28.7 Å². The van der Waals surface area contributed by atoms with E-state index in [0.29, 0.717) is 31.9 Å². The number of fused-ring (bicyclic) bond motifs is 1. The highest BCUT2D eigenvalue weighted by atomic mass is 16.5. The molecular formula is C15H18N4O2. The number of pyridine rings is 1. The number of rotatable bonds is 4. The lowest BCUT2D eigenvalue weighted by Gasteiger charge is -2.28. The lowest BCUT2D eigenvalue weighted by molar-refractivity contribution is 0.0706. The van der Waals surface area contributed by atoms with Gasteiger partial charge in [-0.05, 0) is 19.1 Å². The number of amides is 1. The Hall–Kier alpha value is -2.21. The molecule has 21 heavy (non-hydrogen) atoms. The molecule has 0 fully saturated rings. The van der Waals surface area contributed by atoms with E-state index in [9.17, 15) is 4.79 Å². The predicted molar refractivity (Wildman–Crippen MR) is 76.5 cm³/mol. The Kier molecular flexibility index (Phi) is 3.96. The van der Waals surface area contributed by atoms with Crippen LogP contribution in [0, 0.1) is 0 Å². The van der Waals surface area contributed by atoms with Gasteiger partial charge in [0.05, 0.1) is 30.9 Å². The first-order valence-electron chi connectivity index (χ1n) is 7.09. The summed E-state index contributed by atoms with van der Waals surface area (Å²) in [5.74, 6) is 0.0345. The van der Waals surface area contributed by atoms with Crippen molar-refractivity contribution < 1.29 is 9.53 Å². The molecule has 0 spiro atoms. The van der Waals surface area contributed by atoms with E-state index in [1.165, 1.54) is 0 Å². The molecule has 0 bridgehead atoms. The largest absolute Gasteiger partial charge is 0.375 e. The molecule has 0 saturated carbocycles. The van der Waals surface area contributed by atoms with Crippen LogP contribution in [0.3, 0.4) is 0 Å². The number of imidazole rings is 1. The monoisotopic (exact) mass is 286 g/mol. The Morgan fingerprint density at radius 2 is 2.14 bits per heavy atom. The van der Waals surface area contributed by atoms with E-state index >= 15 is 0 Å². The van der Waals surface area contributed by atoms with Gasteiger partial charge in [0.1, 0.15) is 0 Å².